The number of ether oxygens (including phenoxy) is 1. The van der Waals surface area contributed by atoms with Gasteiger partial charge in [0.05, 0.1) is 12.7 Å². The molecule has 0 aromatic rings. The molecule has 2 saturated heterocycles. The quantitative estimate of drug-likeness (QED) is 0.783. The highest BCUT2D eigenvalue weighted by atomic mass is 16.5. The summed E-state index contributed by atoms with van der Waals surface area (Å²) < 4.78 is 5.91. The highest BCUT2D eigenvalue weighted by Gasteiger charge is 2.22. The summed E-state index contributed by atoms with van der Waals surface area (Å²) in [6, 6.07) is 0.696. The predicted molar refractivity (Wildman–Crippen MR) is 79.6 cm³/mol. The third-order valence-corrected chi connectivity index (χ3v) is 4.23. The molecule has 0 radical (unpaired) electrons. The van der Waals surface area contributed by atoms with Crippen LogP contribution in [0.1, 0.15) is 32.6 Å². The molecular weight excluding hydrogens is 238 g/mol. The monoisotopic (exact) mass is 269 g/mol. The molecule has 4 nitrogen and oxygen atoms in total. The lowest BCUT2D eigenvalue weighted by molar-refractivity contribution is -0.0368. The molecule has 0 spiro atoms. The van der Waals surface area contributed by atoms with Gasteiger partial charge >= 0.3 is 0 Å². The standard InChI is InChI=1S/C15H31N3O/c1-3-8-18(11-14-6-4-5-7-16-14)13-15-12-17(2)9-10-19-15/h14-16H,3-13H2,1-2H3. The summed E-state index contributed by atoms with van der Waals surface area (Å²) in [4.78, 5) is 4.99. The molecule has 2 unspecified atom stereocenters. The van der Waals surface area contributed by atoms with Crippen LogP contribution in [0.25, 0.3) is 0 Å². The normalized spacial score (nSPS) is 29.8. The summed E-state index contributed by atoms with van der Waals surface area (Å²) >= 11 is 0. The fraction of sp³-hybridized carbons (Fsp3) is 1.00. The lowest BCUT2D eigenvalue weighted by Crippen LogP contribution is -2.50. The fourth-order valence-corrected chi connectivity index (χ4v) is 3.23. The SMILES string of the molecule is CCCN(CC1CCCCN1)CC1CN(C)CCO1. The Morgan fingerprint density at radius 2 is 2.21 bits per heavy atom. The molecule has 2 fully saturated rings. The minimum absolute atomic E-state index is 0.397. The van der Waals surface area contributed by atoms with Crippen LogP contribution < -0.4 is 5.32 Å². The van der Waals surface area contributed by atoms with E-state index in [1.165, 1.54) is 45.3 Å². The Kier molecular flexibility index (Phi) is 6.57. The molecule has 0 aliphatic carbocycles. The molecule has 4 heteroatoms. The van der Waals surface area contributed by atoms with Gasteiger partial charge in [-0.3, -0.25) is 4.90 Å². The van der Waals surface area contributed by atoms with Gasteiger partial charge in [0.15, 0.2) is 0 Å². The van der Waals surface area contributed by atoms with Crippen LogP contribution in [-0.2, 0) is 4.74 Å². The molecular formula is C15H31N3O. The topological polar surface area (TPSA) is 27.7 Å². The first kappa shape index (κ1) is 15.2. The van der Waals surface area contributed by atoms with Gasteiger partial charge in [-0.15, -0.1) is 0 Å². The van der Waals surface area contributed by atoms with E-state index in [2.05, 4.69) is 29.1 Å². The number of morpholine rings is 1. The number of nitrogens with one attached hydrogen (secondary N) is 1. The molecule has 2 heterocycles. The van der Waals surface area contributed by atoms with Crippen molar-refractivity contribution < 1.29 is 4.74 Å². The van der Waals surface area contributed by atoms with Crippen LogP contribution in [0.2, 0.25) is 0 Å². The zero-order chi connectivity index (χ0) is 13.5. The van der Waals surface area contributed by atoms with Gasteiger partial charge in [0, 0.05) is 32.2 Å². The van der Waals surface area contributed by atoms with Crippen LogP contribution in [0.5, 0.6) is 0 Å². The average molecular weight is 269 g/mol. The van der Waals surface area contributed by atoms with Gasteiger partial charge in [-0.1, -0.05) is 13.3 Å². The third kappa shape index (κ3) is 5.38. The van der Waals surface area contributed by atoms with Crippen LogP contribution >= 0.6 is 0 Å². The zero-order valence-electron chi connectivity index (χ0n) is 12.7. The summed E-state index contributed by atoms with van der Waals surface area (Å²) in [6.45, 7) is 10.0. The molecule has 0 amide bonds. The van der Waals surface area contributed by atoms with Gasteiger partial charge in [0.2, 0.25) is 0 Å². The number of hydrogen-bond donors (Lipinski definition) is 1. The smallest absolute Gasteiger partial charge is 0.0829 e. The van der Waals surface area contributed by atoms with Crippen molar-refractivity contribution in [3.63, 3.8) is 0 Å². The zero-order valence-corrected chi connectivity index (χ0v) is 12.7. The lowest BCUT2D eigenvalue weighted by Gasteiger charge is -2.36. The summed E-state index contributed by atoms with van der Waals surface area (Å²) in [7, 11) is 2.20. The van der Waals surface area contributed by atoms with Gasteiger partial charge in [-0.2, -0.15) is 0 Å². The molecule has 0 aromatic carbocycles. The molecule has 0 bridgehead atoms. The van der Waals surface area contributed by atoms with Crippen LogP contribution in [0.4, 0.5) is 0 Å². The van der Waals surface area contributed by atoms with Crippen molar-refractivity contribution in [1.29, 1.82) is 0 Å². The summed E-state index contributed by atoms with van der Waals surface area (Å²) in [5, 5.41) is 3.66. The Hall–Kier alpha value is -0.160. The molecule has 112 valence electrons. The highest BCUT2D eigenvalue weighted by molar-refractivity contribution is 4.79. The average Bonchev–Trinajstić information content (AvgIpc) is 2.40. The second-order valence-electron chi connectivity index (χ2n) is 6.16. The van der Waals surface area contributed by atoms with E-state index in [0.717, 1.165) is 26.2 Å². The molecule has 2 aliphatic rings. The van der Waals surface area contributed by atoms with Crippen molar-refractivity contribution in [3.8, 4) is 0 Å². The lowest BCUT2D eigenvalue weighted by atomic mass is 10.0. The maximum Gasteiger partial charge on any atom is 0.0829 e. The van der Waals surface area contributed by atoms with Crippen LogP contribution in [0.3, 0.4) is 0 Å². The van der Waals surface area contributed by atoms with Gasteiger partial charge in [-0.25, -0.2) is 0 Å². The van der Waals surface area contributed by atoms with Crippen molar-refractivity contribution in [1.82, 2.24) is 15.1 Å². The molecule has 2 rings (SSSR count). The van der Waals surface area contributed by atoms with Crippen molar-refractivity contribution in [2.24, 2.45) is 0 Å². The first-order valence-electron chi connectivity index (χ1n) is 8.04. The van der Waals surface area contributed by atoms with E-state index in [4.69, 9.17) is 4.74 Å². The Bertz CT molecular complexity index is 244. The van der Waals surface area contributed by atoms with Crippen LogP contribution in [-0.4, -0.2) is 74.9 Å². The van der Waals surface area contributed by atoms with Crippen molar-refractivity contribution in [2.45, 2.75) is 44.8 Å². The van der Waals surface area contributed by atoms with E-state index in [0.29, 0.717) is 12.1 Å². The molecule has 0 aromatic heterocycles. The highest BCUT2D eigenvalue weighted by Crippen LogP contribution is 2.11. The summed E-state index contributed by atoms with van der Waals surface area (Å²) in [6.07, 6.45) is 5.70. The molecule has 2 aliphatic heterocycles. The second kappa shape index (κ2) is 8.20. The number of piperidine rings is 1. The van der Waals surface area contributed by atoms with E-state index in [-0.39, 0.29) is 0 Å². The van der Waals surface area contributed by atoms with Crippen LogP contribution in [0, 0.1) is 0 Å². The maximum absolute atomic E-state index is 5.91. The fourth-order valence-electron chi connectivity index (χ4n) is 3.23. The van der Waals surface area contributed by atoms with E-state index >= 15 is 0 Å². The number of rotatable bonds is 6. The molecule has 1 N–H and O–H groups in total. The predicted octanol–water partition coefficient (Wildman–Crippen LogP) is 1.17. The second-order valence-corrected chi connectivity index (χ2v) is 6.16. The minimum Gasteiger partial charge on any atom is -0.374 e. The van der Waals surface area contributed by atoms with E-state index < -0.39 is 0 Å². The van der Waals surface area contributed by atoms with Gasteiger partial charge < -0.3 is 15.0 Å². The summed E-state index contributed by atoms with van der Waals surface area (Å²) in [5.74, 6) is 0. The van der Waals surface area contributed by atoms with E-state index in [9.17, 15) is 0 Å². The Morgan fingerprint density at radius 3 is 2.89 bits per heavy atom. The first-order chi connectivity index (χ1) is 9.28. The van der Waals surface area contributed by atoms with Gasteiger partial charge in [0.25, 0.3) is 0 Å². The number of hydrogen-bond acceptors (Lipinski definition) is 4. The summed E-state index contributed by atoms with van der Waals surface area (Å²) in [5.41, 5.74) is 0. The Labute approximate surface area is 118 Å². The van der Waals surface area contributed by atoms with Crippen LogP contribution in [0.15, 0.2) is 0 Å². The Balaban J connectivity index is 1.77. The van der Waals surface area contributed by atoms with E-state index in [1.807, 2.05) is 0 Å². The molecule has 0 saturated carbocycles. The Morgan fingerprint density at radius 1 is 1.32 bits per heavy atom. The van der Waals surface area contributed by atoms with Crippen molar-refractivity contribution in [3.05, 3.63) is 0 Å². The maximum atomic E-state index is 5.91. The largest absolute Gasteiger partial charge is 0.374 e. The van der Waals surface area contributed by atoms with E-state index in [1.54, 1.807) is 0 Å². The molecule has 2 atom stereocenters. The van der Waals surface area contributed by atoms with Crippen molar-refractivity contribution in [2.75, 3.05) is 52.9 Å². The molecule has 19 heavy (non-hydrogen) atoms. The number of nitrogens with zero attached hydrogens (tertiary/aromatic N) is 2. The van der Waals surface area contributed by atoms with Gasteiger partial charge in [-0.05, 0) is 39.4 Å². The minimum atomic E-state index is 0.397. The third-order valence-electron chi connectivity index (χ3n) is 4.23. The first-order valence-corrected chi connectivity index (χ1v) is 8.04. The van der Waals surface area contributed by atoms with Crippen molar-refractivity contribution >= 4 is 0 Å². The van der Waals surface area contributed by atoms with Gasteiger partial charge in [0.1, 0.15) is 0 Å². The number of likely N-dealkylation sites (N-methyl/N-ethyl adjacent to an activating group) is 1.